The molecule has 55 heavy (non-hydrogen) atoms. The van der Waals surface area contributed by atoms with E-state index in [0.717, 1.165) is 63.5 Å². The van der Waals surface area contributed by atoms with Gasteiger partial charge in [0, 0.05) is 12.2 Å². The molecule has 0 spiro atoms. The fraction of sp³-hybridized carbons (Fsp3) is 0.628. The van der Waals surface area contributed by atoms with Crippen molar-refractivity contribution in [3.05, 3.63) is 49.1 Å². The lowest BCUT2D eigenvalue weighted by molar-refractivity contribution is -0.152. The minimum absolute atomic E-state index is 0.0660. The van der Waals surface area contributed by atoms with Crippen LogP contribution in [0.4, 0.5) is 0 Å². The van der Waals surface area contributed by atoms with Crippen molar-refractivity contribution in [1.82, 2.24) is 0 Å². The van der Waals surface area contributed by atoms with Crippen LogP contribution in [0.2, 0.25) is 0 Å². The van der Waals surface area contributed by atoms with E-state index in [0.29, 0.717) is 86.9 Å². The zero-order valence-electron chi connectivity index (χ0n) is 32.3. The molecule has 3 fully saturated rings. The van der Waals surface area contributed by atoms with Crippen molar-refractivity contribution in [1.29, 1.82) is 0 Å². The number of hydrogen-bond donors (Lipinski definition) is 0. The van der Waals surface area contributed by atoms with Crippen molar-refractivity contribution in [3.8, 4) is 11.5 Å². The standard InChI is InChI=1S/C43H58O12/c1-4-38(44)50-24-6-8-26-52-40(46)32-14-10-30(11-15-32)31-12-16-35(17-13-31)43(49)55-37-23-22-36(28-29(37)3)54-42(48)34-20-18-33(19-21-34)41(47)53-27-9-7-25-51-39(45)5-2/h4-5,22-23,28,30-35H,1-2,6-21,24-27H2,3H3. The summed E-state index contributed by atoms with van der Waals surface area (Å²) in [5.74, 6) is -0.773. The largest absolute Gasteiger partial charge is 0.465 e. The Morgan fingerprint density at radius 2 is 0.891 bits per heavy atom. The van der Waals surface area contributed by atoms with Crippen LogP contribution < -0.4 is 9.47 Å². The third-order valence-electron chi connectivity index (χ3n) is 11.2. The highest BCUT2D eigenvalue weighted by molar-refractivity contribution is 5.81. The Labute approximate surface area is 324 Å². The Hall–Kier alpha value is -4.48. The van der Waals surface area contributed by atoms with Gasteiger partial charge in [0.1, 0.15) is 11.5 Å². The molecule has 3 aliphatic carbocycles. The lowest BCUT2D eigenvalue weighted by Gasteiger charge is -2.36. The Balaban J connectivity index is 1.09. The van der Waals surface area contributed by atoms with Crippen molar-refractivity contribution in [2.45, 2.75) is 110 Å². The van der Waals surface area contributed by atoms with E-state index < -0.39 is 11.9 Å². The van der Waals surface area contributed by atoms with Crippen LogP contribution >= 0.6 is 0 Å². The fourth-order valence-corrected chi connectivity index (χ4v) is 7.86. The van der Waals surface area contributed by atoms with E-state index in [1.165, 1.54) is 0 Å². The van der Waals surface area contributed by atoms with Crippen LogP contribution in [0.15, 0.2) is 43.5 Å². The average molecular weight is 767 g/mol. The first-order valence-corrected chi connectivity index (χ1v) is 20.0. The molecule has 1 aromatic rings. The van der Waals surface area contributed by atoms with Gasteiger partial charge in [-0.3, -0.25) is 19.2 Å². The van der Waals surface area contributed by atoms with Crippen LogP contribution in [0.1, 0.15) is 108 Å². The van der Waals surface area contributed by atoms with E-state index in [-0.39, 0.29) is 67.4 Å². The van der Waals surface area contributed by atoms with Gasteiger partial charge >= 0.3 is 35.8 Å². The zero-order valence-corrected chi connectivity index (χ0v) is 32.3. The van der Waals surface area contributed by atoms with Crippen molar-refractivity contribution < 1.29 is 57.2 Å². The topological polar surface area (TPSA) is 158 Å². The second kappa shape index (κ2) is 22.8. The number of unbranched alkanes of at least 4 members (excludes halogenated alkanes) is 2. The highest BCUT2D eigenvalue weighted by atomic mass is 16.6. The van der Waals surface area contributed by atoms with Gasteiger partial charge in [0.25, 0.3) is 0 Å². The monoisotopic (exact) mass is 766 g/mol. The predicted octanol–water partition coefficient (Wildman–Crippen LogP) is 7.33. The molecule has 0 unspecified atom stereocenters. The van der Waals surface area contributed by atoms with Crippen molar-refractivity contribution in [2.24, 2.45) is 35.5 Å². The SMILES string of the molecule is C=CC(=O)OCCCCOC(=O)C1CCC(C(=O)Oc2ccc(OC(=O)C3CCC(C4CCC(C(=O)OCCCCOC(=O)C=C)CC4)CC3)c(C)c2)CC1. The van der Waals surface area contributed by atoms with Crippen LogP contribution in [0.3, 0.4) is 0 Å². The second-order valence-electron chi connectivity index (χ2n) is 15.0. The second-order valence-corrected chi connectivity index (χ2v) is 15.0. The van der Waals surface area contributed by atoms with E-state index >= 15 is 0 Å². The van der Waals surface area contributed by atoms with Gasteiger partial charge in [0.2, 0.25) is 0 Å². The van der Waals surface area contributed by atoms with E-state index in [1.54, 1.807) is 18.2 Å². The minimum Gasteiger partial charge on any atom is -0.465 e. The van der Waals surface area contributed by atoms with Gasteiger partial charge in [-0.25, -0.2) is 9.59 Å². The van der Waals surface area contributed by atoms with Gasteiger partial charge in [-0.1, -0.05) is 13.2 Å². The normalized spacial score (nSPS) is 23.7. The molecule has 0 radical (unpaired) electrons. The van der Waals surface area contributed by atoms with E-state index in [4.69, 9.17) is 28.4 Å². The van der Waals surface area contributed by atoms with E-state index in [2.05, 4.69) is 13.2 Å². The molecule has 1 aromatic carbocycles. The van der Waals surface area contributed by atoms with Gasteiger partial charge in [0.05, 0.1) is 50.1 Å². The number of hydrogen-bond acceptors (Lipinski definition) is 12. The number of esters is 6. The summed E-state index contributed by atoms with van der Waals surface area (Å²) in [6.45, 7) is 9.64. The average Bonchev–Trinajstić information content (AvgIpc) is 3.21. The summed E-state index contributed by atoms with van der Waals surface area (Å²) in [7, 11) is 0. The van der Waals surface area contributed by atoms with Crippen LogP contribution in [0.5, 0.6) is 11.5 Å². The zero-order chi connectivity index (χ0) is 39.6. The number of carbonyl (C=O) groups is 6. The van der Waals surface area contributed by atoms with Crippen LogP contribution in [0.25, 0.3) is 0 Å². The van der Waals surface area contributed by atoms with Crippen molar-refractivity contribution in [3.63, 3.8) is 0 Å². The summed E-state index contributed by atoms with van der Waals surface area (Å²) in [5.41, 5.74) is 0.696. The number of aryl methyl sites for hydroxylation is 1. The number of benzene rings is 1. The van der Waals surface area contributed by atoms with Gasteiger partial charge in [-0.2, -0.15) is 0 Å². The number of ether oxygens (including phenoxy) is 6. The molecule has 0 aromatic heterocycles. The quantitative estimate of drug-likeness (QED) is 0.0455. The van der Waals surface area contributed by atoms with E-state index in [1.807, 2.05) is 6.92 Å². The van der Waals surface area contributed by atoms with E-state index in [9.17, 15) is 28.8 Å². The molecule has 0 bridgehead atoms. The lowest BCUT2D eigenvalue weighted by atomic mass is 9.69. The molecule has 3 saturated carbocycles. The number of rotatable bonds is 19. The molecule has 302 valence electrons. The highest BCUT2D eigenvalue weighted by Crippen LogP contribution is 2.42. The first-order valence-electron chi connectivity index (χ1n) is 20.0. The van der Waals surface area contributed by atoms with Gasteiger partial charge in [-0.15, -0.1) is 0 Å². The molecule has 12 nitrogen and oxygen atoms in total. The molecule has 3 aliphatic rings. The highest BCUT2D eigenvalue weighted by Gasteiger charge is 2.36. The Morgan fingerprint density at radius 3 is 1.29 bits per heavy atom. The predicted molar refractivity (Wildman–Crippen MR) is 201 cm³/mol. The minimum atomic E-state index is -0.475. The summed E-state index contributed by atoms with van der Waals surface area (Å²) in [6.07, 6.45) is 13.9. The summed E-state index contributed by atoms with van der Waals surface area (Å²) in [4.78, 5) is 73.3. The van der Waals surface area contributed by atoms with Gasteiger partial charge in [0.15, 0.2) is 0 Å². The maximum Gasteiger partial charge on any atom is 0.330 e. The molecule has 4 rings (SSSR count). The lowest BCUT2D eigenvalue weighted by Crippen LogP contribution is -2.31. The van der Waals surface area contributed by atoms with Gasteiger partial charge < -0.3 is 28.4 Å². The summed E-state index contributed by atoms with van der Waals surface area (Å²) >= 11 is 0. The summed E-state index contributed by atoms with van der Waals surface area (Å²) in [6, 6.07) is 5.01. The summed E-state index contributed by atoms with van der Waals surface area (Å²) < 4.78 is 32.2. The molecule has 0 aliphatic heterocycles. The van der Waals surface area contributed by atoms with Gasteiger partial charge in [-0.05, 0) is 145 Å². The maximum absolute atomic E-state index is 13.1. The molecule has 0 saturated heterocycles. The van der Waals surface area contributed by atoms with Crippen molar-refractivity contribution >= 4 is 35.8 Å². The third-order valence-corrected chi connectivity index (χ3v) is 11.2. The van der Waals surface area contributed by atoms with Crippen LogP contribution in [-0.4, -0.2) is 62.2 Å². The van der Waals surface area contributed by atoms with Crippen molar-refractivity contribution in [2.75, 3.05) is 26.4 Å². The Morgan fingerprint density at radius 1 is 0.527 bits per heavy atom. The molecule has 0 atom stereocenters. The summed E-state index contributed by atoms with van der Waals surface area (Å²) in [5, 5.41) is 0. The molecule has 12 heteroatoms. The molecular formula is C43H58O12. The molecular weight excluding hydrogens is 708 g/mol. The van der Waals surface area contributed by atoms with Crippen LogP contribution in [-0.2, 0) is 47.7 Å². The first-order chi connectivity index (χ1) is 26.6. The molecule has 0 N–H and O–H groups in total. The number of carbonyl (C=O) groups excluding carboxylic acids is 6. The smallest absolute Gasteiger partial charge is 0.330 e. The molecule has 0 amide bonds. The third kappa shape index (κ3) is 14.3. The Bertz CT molecular complexity index is 1480. The van der Waals surface area contributed by atoms with Crippen LogP contribution in [0, 0.1) is 42.4 Å². The molecule has 0 heterocycles. The Kier molecular flexibility index (Phi) is 17.9. The first kappa shape index (κ1) is 43.3. The fourth-order valence-electron chi connectivity index (χ4n) is 7.86. The maximum atomic E-state index is 13.1.